The van der Waals surface area contributed by atoms with Crippen molar-refractivity contribution in [3.8, 4) is 0 Å². The van der Waals surface area contributed by atoms with Gasteiger partial charge < -0.3 is 19.9 Å². The number of ether oxygens (including phenoxy) is 1. The summed E-state index contributed by atoms with van der Waals surface area (Å²) < 4.78 is 10.1. The Bertz CT molecular complexity index is 649. The van der Waals surface area contributed by atoms with Gasteiger partial charge in [0.05, 0.1) is 12.1 Å². The summed E-state index contributed by atoms with van der Waals surface area (Å²) in [5.74, 6) is 2.52. The van der Waals surface area contributed by atoms with E-state index in [1.807, 2.05) is 0 Å². The van der Waals surface area contributed by atoms with E-state index in [1.54, 1.807) is 13.0 Å². The largest absolute Gasteiger partial charge is 0.457 e. The molecule has 0 spiro atoms. The summed E-state index contributed by atoms with van der Waals surface area (Å²) in [5, 5.41) is 9.77. The average molecular weight is 361 g/mol. The summed E-state index contributed by atoms with van der Waals surface area (Å²) in [5.41, 5.74) is 0.739. The lowest BCUT2D eigenvalue weighted by Crippen LogP contribution is -2.61. The zero-order valence-corrected chi connectivity index (χ0v) is 15.3. The topological polar surface area (TPSA) is 93.5 Å². The predicted octanol–water partition coefficient (Wildman–Crippen LogP) is 2.68. The van der Waals surface area contributed by atoms with Gasteiger partial charge in [0, 0.05) is 18.2 Å². The number of urea groups is 1. The number of carbonyl (C=O) groups is 2. The Morgan fingerprint density at radius 3 is 2.46 bits per heavy atom. The summed E-state index contributed by atoms with van der Waals surface area (Å²) in [6.07, 6.45) is 7.53. The van der Waals surface area contributed by atoms with Gasteiger partial charge in [0.1, 0.15) is 0 Å². The SMILES string of the molecule is Cc1cc(COC(=O)CCNC(=O)NC23CC4CC(CC(C4)C2)C3)on1. The van der Waals surface area contributed by atoms with Gasteiger partial charge in [-0.3, -0.25) is 4.79 Å². The van der Waals surface area contributed by atoms with E-state index in [9.17, 15) is 9.59 Å². The van der Waals surface area contributed by atoms with E-state index in [1.165, 1.54) is 19.3 Å². The highest BCUT2D eigenvalue weighted by atomic mass is 16.5. The molecule has 5 rings (SSSR count). The maximum absolute atomic E-state index is 12.3. The molecule has 4 fully saturated rings. The Morgan fingerprint density at radius 1 is 1.23 bits per heavy atom. The van der Waals surface area contributed by atoms with E-state index in [-0.39, 0.29) is 37.1 Å². The number of nitrogens with one attached hydrogen (secondary N) is 2. The van der Waals surface area contributed by atoms with Crippen LogP contribution in [0.5, 0.6) is 0 Å². The Labute approximate surface area is 153 Å². The molecule has 1 aromatic rings. The van der Waals surface area contributed by atoms with Crippen LogP contribution in [0.25, 0.3) is 0 Å². The molecule has 4 bridgehead atoms. The van der Waals surface area contributed by atoms with Gasteiger partial charge in [-0.15, -0.1) is 0 Å². The van der Waals surface area contributed by atoms with Crippen LogP contribution in [0.3, 0.4) is 0 Å². The van der Waals surface area contributed by atoms with Crippen LogP contribution in [-0.4, -0.2) is 29.2 Å². The fourth-order valence-corrected chi connectivity index (χ4v) is 5.53. The van der Waals surface area contributed by atoms with Crippen molar-refractivity contribution < 1.29 is 18.8 Å². The van der Waals surface area contributed by atoms with E-state index in [2.05, 4.69) is 15.8 Å². The lowest BCUT2D eigenvalue weighted by atomic mass is 9.53. The van der Waals surface area contributed by atoms with Crippen molar-refractivity contribution >= 4 is 12.0 Å². The third kappa shape index (κ3) is 3.86. The molecule has 0 saturated heterocycles. The number of nitrogens with zero attached hydrogens (tertiary/aromatic N) is 1. The molecular formula is C19H27N3O4. The number of aryl methyl sites for hydroxylation is 1. The van der Waals surface area contributed by atoms with E-state index in [0.717, 1.165) is 42.7 Å². The van der Waals surface area contributed by atoms with Crippen molar-refractivity contribution in [3.63, 3.8) is 0 Å². The standard InChI is InChI=1S/C19H27N3O4/c1-12-4-16(26-22-12)11-25-17(23)2-3-20-18(24)21-19-8-13-5-14(9-19)7-15(6-13)10-19/h4,13-15H,2-3,5-11H2,1H3,(H2,20,21,24). The molecule has 4 saturated carbocycles. The van der Waals surface area contributed by atoms with E-state index in [4.69, 9.17) is 9.26 Å². The normalized spacial score (nSPS) is 31.7. The van der Waals surface area contributed by atoms with Gasteiger partial charge in [-0.1, -0.05) is 5.16 Å². The Morgan fingerprint density at radius 2 is 1.88 bits per heavy atom. The maximum atomic E-state index is 12.3. The summed E-state index contributed by atoms with van der Waals surface area (Å²) in [7, 11) is 0. The molecule has 0 radical (unpaired) electrons. The first-order valence-electron chi connectivity index (χ1n) is 9.63. The number of rotatable bonds is 6. The molecule has 1 aromatic heterocycles. The minimum atomic E-state index is -0.367. The highest BCUT2D eigenvalue weighted by Crippen LogP contribution is 2.55. The lowest BCUT2D eigenvalue weighted by Gasteiger charge is -2.56. The van der Waals surface area contributed by atoms with Crippen LogP contribution in [0.1, 0.15) is 56.4 Å². The molecule has 4 aliphatic carbocycles. The molecule has 0 unspecified atom stereocenters. The highest BCUT2D eigenvalue weighted by molar-refractivity contribution is 5.76. The van der Waals surface area contributed by atoms with Crippen LogP contribution in [0.15, 0.2) is 10.6 Å². The van der Waals surface area contributed by atoms with Crippen molar-refractivity contribution in [1.29, 1.82) is 0 Å². The number of esters is 1. The molecule has 1 heterocycles. The number of hydrogen-bond donors (Lipinski definition) is 2. The van der Waals surface area contributed by atoms with Crippen LogP contribution >= 0.6 is 0 Å². The van der Waals surface area contributed by atoms with Crippen LogP contribution < -0.4 is 10.6 Å². The first kappa shape index (κ1) is 17.4. The fourth-order valence-electron chi connectivity index (χ4n) is 5.53. The second-order valence-corrected chi connectivity index (χ2v) is 8.42. The van der Waals surface area contributed by atoms with E-state index >= 15 is 0 Å². The number of hydrogen-bond acceptors (Lipinski definition) is 5. The number of carbonyl (C=O) groups excluding carboxylic acids is 2. The Kier molecular flexibility index (Phi) is 4.63. The van der Waals surface area contributed by atoms with Crippen molar-refractivity contribution in [3.05, 3.63) is 17.5 Å². The van der Waals surface area contributed by atoms with Crippen LogP contribution in [0, 0.1) is 24.7 Å². The van der Waals surface area contributed by atoms with Gasteiger partial charge in [0.2, 0.25) is 0 Å². The van der Waals surface area contributed by atoms with Crippen LogP contribution in [0.2, 0.25) is 0 Å². The van der Waals surface area contributed by atoms with E-state index in [0.29, 0.717) is 5.76 Å². The minimum absolute atomic E-state index is 0.0104. The van der Waals surface area contributed by atoms with Crippen molar-refractivity contribution in [2.24, 2.45) is 17.8 Å². The molecule has 0 aromatic carbocycles. The third-order valence-electron chi connectivity index (χ3n) is 6.08. The fraction of sp³-hybridized carbons (Fsp3) is 0.737. The van der Waals surface area contributed by atoms with E-state index < -0.39 is 0 Å². The third-order valence-corrected chi connectivity index (χ3v) is 6.08. The number of aromatic nitrogens is 1. The molecule has 2 N–H and O–H groups in total. The summed E-state index contributed by atoms with van der Waals surface area (Å²) in [4.78, 5) is 24.1. The van der Waals surface area contributed by atoms with Gasteiger partial charge in [-0.25, -0.2) is 4.79 Å². The average Bonchev–Trinajstić information content (AvgIpc) is 2.96. The first-order valence-corrected chi connectivity index (χ1v) is 9.63. The van der Waals surface area contributed by atoms with Gasteiger partial charge >= 0.3 is 12.0 Å². The molecule has 7 heteroatoms. The van der Waals surface area contributed by atoms with Gasteiger partial charge in [-0.05, 0) is 63.2 Å². The summed E-state index contributed by atoms with van der Waals surface area (Å²) >= 11 is 0. The quantitative estimate of drug-likeness (QED) is 0.760. The van der Waals surface area contributed by atoms with Crippen molar-refractivity contribution in [1.82, 2.24) is 15.8 Å². The second kappa shape index (κ2) is 6.93. The van der Waals surface area contributed by atoms with Crippen LogP contribution in [0.4, 0.5) is 4.79 Å². The van der Waals surface area contributed by atoms with Crippen molar-refractivity contribution in [2.45, 2.75) is 64.0 Å². The minimum Gasteiger partial charge on any atom is -0.457 e. The van der Waals surface area contributed by atoms with Gasteiger partial charge in [0.25, 0.3) is 0 Å². The highest BCUT2D eigenvalue weighted by Gasteiger charge is 2.51. The molecule has 26 heavy (non-hydrogen) atoms. The maximum Gasteiger partial charge on any atom is 0.315 e. The Balaban J connectivity index is 1.17. The Hall–Kier alpha value is -2.05. The van der Waals surface area contributed by atoms with Gasteiger partial charge in [0.15, 0.2) is 12.4 Å². The lowest BCUT2D eigenvalue weighted by molar-refractivity contribution is -0.145. The molecule has 7 nitrogen and oxygen atoms in total. The molecular weight excluding hydrogens is 334 g/mol. The second-order valence-electron chi connectivity index (χ2n) is 8.42. The molecule has 2 amide bonds. The predicted molar refractivity (Wildman–Crippen MR) is 93.1 cm³/mol. The monoisotopic (exact) mass is 361 g/mol. The molecule has 0 atom stereocenters. The van der Waals surface area contributed by atoms with Crippen LogP contribution in [-0.2, 0) is 16.1 Å². The summed E-state index contributed by atoms with van der Waals surface area (Å²) in [6.45, 7) is 2.15. The van der Waals surface area contributed by atoms with Crippen molar-refractivity contribution in [2.75, 3.05) is 6.54 Å². The first-order chi connectivity index (χ1) is 12.5. The zero-order chi connectivity index (χ0) is 18.1. The smallest absolute Gasteiger partial charge is 0.315 e. The zero-order valence-electron chi connectivity index (χ0n) is 15.3. The van der Waals surface area contributed by atoms with Gasteiger partial charge in [-0.2, -0.15) is 0 Å². The number of amides is 2. The molecule has 0 aliphatic heterocycles. The molecule has 4 aliphatic rings. The summed E-state index contributed by atoms with van der Waals surface area (Å²) in [6, 6.07) is 1.57. The molecule has 142 valence electrons.